The van der Waals surface area contributed by atoms with E-state index in [-0.39, 0.29) is 6.42 Å². The number of oxazole rings is 1. The van der Waals surface area contributed by atoms with E-state index in [0.717, 1.165) is 16.7 Å². The SMILES string of the molecule is COC(=O)C(O)(Cc1cnc(-c2cc(C)cc(C)c2)o1)C(Br)c1ccccc1Cl. The number of nitrogens with zero attached hydrogens (tertiary/aromatic N) is 1. The molecular weight excluding hydrogens is 458 g/mol. The first-order valence-electron chi connectivity index (χ1n) is 8.97. The van der Waals surface area contributed by atoms with Gasteiger partial charge in [0.05, 0.1) is 18.1 Å². The van der Waals surface area contributed by atoms with Crippen LogP contribution in [0.25, 0.3) is 11.5 Å². The Bertz CT molecular complexity index is 1010. The highest BCUT2D eigenvalue weighted by Crippen LogP contribution is 2.41. The Hall–Kier alpha value is -2.15. The molecule has 0 saturated carbocycles. The topological polar surface area (TPSA) is 72.6 Å². The highest BCUT2D eigenvalue weighted by molar-refractivity contribution is 9.09. The normalized spacial score (nSPS) is 14.3. The number of ether oxygens (including phenoxy) is 1. The number of carbonyl (C=O) groups is 1. The summed E-state index contributed by atoms with van der Waals surface area (Å²) in [6.07, 6.45) is 1.37. The Labute approximate surface area is 182 Å². The van der Waals surface area contributed by atoms with Crippen molar-refractivity contribution in [2.45, 2.75) is 30.7 Å². The monoisotopic (exact) mass is 477 g/mol. The van der Waals surface area contributed by atoms with Crippen molar-refractivity contribution in [3.8, 4) is 11.5 Å². The van der Waals surface area contributed by atoms with Crippen LogP contribution in [-0.2, 0) is 16.0 Å². The molecule has 0 spiro atoms. The van der Waals surface area contributed by atoms with Gasteiger partial charge in [0.15, 0.2) is 5.60 Å². The molecule has 2 atom stereocenters. The van der Waals surface area contributed by atoms with E-state index in [4.69, 9.17) is 20.8 Å². The number of hydrogen-bond donors (Lipinski definition) is 1. The standard InChI is InChI=1S/C22H21BrClNO4/c1-13-8-14(2)10-15(9-13)20-25-12-16(29-20)11-22(27,21(26)28-3)19(23)17-6-4-5-7-18(17)24/h4-10,12,19,27H,11H2,1-3H3. The van der Waals surface area contributed by atoms with Crippen molar-refractivity contribution >= 4 is 33.5 Å². The van der Waals surface area contributed by atoms with Gasteiger partial charge in [-0.15, -0.1) is 0 Å². The van der Waals surface area contributed by atoms with Gasteiger partial charge >= 0.3 is 5.97 Å². The fourth-order valence-corrected chi connectivity index (χ4v) is 4.39. The van der Waals surface area contributed by atoms with Gasteiger partial charge in [0.1, 0.15) is 5.76 Å². The number of alkyl halides is 1. The molecule has 1 aromatic heterocycles. The molecule has 0 radical (unpaired) electrons. The summed E-state index contributed by atoms with van der Waals surface area (Å²) in [7, 11) is 1.22. The average Bonchev–Trinajstić information content (AvgIpc) is 3.14. The molecule has 2 unspecified atom stereocenters. The lowest BCUT2D eigenvalue weighted by Gasteiger charge is -2.30. The number of aromatic nitrogens is 1. The molecule has 3 aromatic rings. The third-order valence-corrected chi connectivity index (χ3v) is 6.20. The van der Waals surface area contributed by atoms with Crippen LogP contribution in [0, 0.1) is 13.8 Å². The first kappa shape index (κ1) is 21.6. The van der Waals surface area contributed by atoms with E-state index in [9.17, 15) is 9.90 Å². The minimum Gasteiger partial charge on any atom is -0.467 e. The molecule has 0 aliphatic rings. The van der Waals surface area contributed by atoms with Crippen molar-refractivity contribution in [1.82, 2.24) is 4.98 Å². The summed E-state index contributed by atoms with van der Waals surface area (Å²) in [4.78, 5) is 16.0. The first-order chi connectivity index (χ1) is 13.7. The van der Waals surface area contributed by atoms with Gasteiger partial charge < -0.3 is 14.3 Å². The molecule has 3 rings (SSSR count). The highest BCUT2D eigenvalue weighted by atomic mass is 79.9. The van der Waals surface area contributed by atoms with Gasteiger partial charge in [-0.3, -0.25) is 0 Å². The van der Waals surface area contributed by atoms with Crippen molar-refractivity contribution in [3.05, 3.63) is 76.1 Å². The van der Waals surface area contributed by atoms with Crippen LogP contribution in [0.5, 0.6) is 0 Å². The minimum atomic E-state index is -1.95. The lowest BCUT2D eigenvalue weighted by molar-refractivity contribution is -0.162. The van der Waals surface area contributed by atoms with Gasteiger partial charge in [-0.2, -0.15) is 0 Å². The van der Waals surface area contributed by atoms with Crippen molar-refractivity contribution in [2.75, 3.05) is 7.11 Å². The fraction of sp³-hybridized carbons (Fsp3) is 0.273. The number of hydrogen-bond acceptors (Lipinski definition) is 5. The zero-order chi connectivity index (χ0) is 21.2. The largest absolute Gasteiger partial charge is 0.467 e. The second-order valence-corrected chi connectivity index (χ2v) is 8.31. The summed E-state index contributed by atoms with van der Waals surface area (Å²) in [5, 5.41) is 11.7. The maximum Gasteiger partial charge on any atom is 0.339 e. The van der Waals surface area contributed by atoms with Gasteiger partial charge in [-0.25, -0.2) is 9.78 Å². The van der Waals surface area contributed by atoms with Crippen LogP contribution in [0.2, 0.25) is 5.02 Å². The lowest BCUT2D eigenvalue weighted by Crippen LogP contribution is -2.45. The minimum absolute atomic E-state index is 0.140. The second-order valence-electron chi connectivity index (χ2n) is 6.98. The van der Waals surface area contributed by atoms with E-state index in [1.807, 2.05) is 26.0 Å². The molecule has 0 fully saturated rings. The highest BCUT2D eigenvalue weighted by Gasteiger charge is 2.46. The number of aryl methyl sites for hydroxylation is 2. The van der Waals surface area contributed by atoms with Crippen molar-refractivity contribution < 1.29 is 19.1 Å². The molecule has 0 aliphatic carbocycles. The Balaban J connectivity index is 1.95. The summed E-state index contributed by atoms with van der Waals surface area (Å²) in [6, 6.07) is 13.0. The number of benzene rings is 2. The van der Waals surface area contributed by atoms with E-state index in [1.54, 1.807) is 24.3 Å². The second kappa shape index (κ2) is 8.69. The van der Waals surface area contributed by atoms with Crippen LogP contribution in [0.3, 0.4) is 0 Å². The Morgan fingerprint density at radius 1 is 1.28 bits per heavy atom. The molecule has 29 heavy (non-hydrogen) atoms. The van der Waals surface area contributed by atoms with Crippen LogP contribution in [0.1, 0.15) is 27.3 Å². The van der Waals surface area contributed by atoms with Crippen LogP contribution >= 0.6 is 27.5 Å². The number of methoxy groups -OCH3 is 1. The van der Waals surface area contributed by atoms with E-state index in [2.05, 4.69) is 27.0 Å². The molecule has 2 aromatic carbocycles. The smallest absolute Gasteiger partial charge is 0.339 e. The molecule has 5 nitrogen and oxygen atoms in total. The number of carbonyl (C=O) groups excluding carboxylic acids is 1. The van der Waals surface area contributed by atoms with Gasteiger partial charge in [-0.05, 0) is 37.6 Å². The molecule has 152 valence electrons. The Morgan fingerprint density at radius 2 is 1.93 bits per heavy atom. The van der Waals surface area contributed by atoms with Gasteiger partial charge in [0, 0.05) is 17.0 Å². The van der Waals surface area contributed by atoms with Gasteiger partial charge in [0.2, 0.25) is 5.89 Å². The zero-order valence-corrected chi connectivity index (χ0v) is 18.6. The summed E-state index contributed by atoms with van der Waals surface area (Å²) in [5.41, 5.74) is 1.63. The van der Waals surface area contributed by atoms with Crippen LogP contribution in [0.4, 0.5) is 0 Å². The van der Waals surface area contributed by atoms with Crippen LogP contribution in [-0.4, -0.2) is 28.8 Å². The lowest BCUT2D eigenvalue weighted by atomic mass is 9.90. The van der Waals surface area contributed by atoms with Crippen molar-refractivity contribution in [2.24, 2.45) is 0 Å². The molecule has 0 aliphatic heterocycles. The summed E-state index contributed by atoms with van der Waals surface area (Å²) < 4.78 is 10.7. The molecular formula is C22H21BrClNO4. The third kappa shape index (κ3) is 4.55. The van der Waals surface area contributed by atoms with E-state index >= 15 is 0 Å². The fourth-order valence-electron chi connectivity index (χ4n) is 3.27. The predicted octanol–water partition coefficient (Wildman–Crippen LogP) is 5.19. The molecule has 1 heterocycles. The first-order valence-corrected chi connectivity index (χ1v) is 10.3. The molecule has 0 amide bonds. The Kier molecular flexibility index (Phi) is 6.46. The summed E-state index contributed by atoms with van der Waals surface area (Å²) in [6.45, 7) is 3.99. The maximum atomic E-state index is 12.5. The van der Waals surface area contributed by atoms with Gasteiger partial charge in [0.25, 0.3) is 0 Å². The number of aliphatic hydroxyl groups is 1. The zero-order valence-electron chi connectivity index (χ0n) is 16.3. The van der Waals surface area contributed by atoms with Crippen molar-refractivity contribution in [1.29, 1.82) is 0 Å². The number of halogens is 2. The Morgan fingerprint density at radius 3 is 2.55 bits per heavy atom. The van der Waals surface area contributed by atoms with Crippen molar-refractivity contribution in [3.63, 3.8) is 0 Å². The number of esters is 1. The summed E-state index contributed by atoms with van der Waals surface area (Å²) >= 11 is 9.69. The molecule has 7 heteroatoms. The quantitative estimate of drug-likeness (QED) is 0.390. The number of rotatable bonds is 6. The maximum absolute atomic E-state index is 12.5. The van der Waals surface area contributed by atoms with E-state index in [0.29, 0.717) is 22.2 Å². The molecule has 1 N–H and O–H groups in total. The predicted molar refractivity (Wildman–Crippen MR) is 115 cm³/mol. The van der Waals surface area contributed by atoms with E-state index < -0.39 is 16.4 Å². The molecule has 0 saturated heterocycles. The average molecular weight is 479 g/mol. The van der Waals surface area contributed by atoms with Crippen LogP contribution in [0.15, 0.2) is 53.1 Å². The van der Waals surface area contributed by atoms with E-state index in [1.165, 1.54) is 13.3 Å². The van der Waals surface area contributed by atoms with Gasteiger partial charge in [-0.1, -0.05) is 62.9 Å². The summed E-state index contributed by atoms with van der Waals surface area (Å²) in [5.74, 6) is -0.0323. The van der Waals surface area contributed by atoms with Crippen LogP contribution < -0.4 is 0 Å². The molecule has 0 bridgehead atoms. The third-order valence-electron chi connectivity index (χ3n) is 4.60.